The molecule has 0 aliphatic carbocycles. The minimum absolute atomic E-state index is 0.0624. The van der Waals surface area contributed by atoms with Crippen molar-refractivity contribution < 1.29 is 9.90 Å². The molecule has 4 aromatic rings. The number of benzene rings is 3. The number of nitrogens with one attached hydrogen (secondary N) is 1. The van der Waals surface area contributed by atoms with Crippen molar-refractivity contribution in [1.29, 1.82) is 0 Å². The van der Waals surface area contributed by atoms with Crippen molar-refractivity contribution in [2.45, 2.75) is 20.4 Å². The van der Waals surface area contributed by atoms with Crippen LogP contribution in [-0.4, -0.2) is 40.1 Å². The molecule has 0 spiro atoms. The zero-order chi connectivity index (χ0) is 24.8. The first-order valence-electron chi connectivity index (χ1n) is 11.5. The predicted molar refractivity (Wildman–Crippen MR) is 138 cm³/mol. The first-order valence-corrected chi connectivity index (χ1v) is 11.5. The lowest BCUT2D eigenvalue weighted by atomic mass is 10.1. The van der Waals surface area contributed by atoms with E-state index in [2.05, 4.69) is 20.5 Å². The van der Waals surface area contributed by atoms with Crippen molar-refractivity contribution in [3.8, 4) is 5.75 Å². The van der Waals surface area contributed by atoms with E-state index >= 15 is 0 Å². The Balaban J connectivity index is 1.60. The fourth-order valence-corrected chi connectivity index (χ4v) is 3.91. The predicted octanol–water partition coefficient (Wildman–Crippen LogP) is 3.76. The van der Waals surface area contributed by atoms with Gasteiger partial charge in [0, 0.05) is 35.8 Å². The summed E-state index contributed by atoms with van der Waals surface area (Å²) in [4.78, 5) is 28.1. The van der Waals surface area contributed by atoms with E-state index in [0.717, 1.165) is 24.3 Å². The van der Waals surface area contributed by atoms with E-state index in [0.29, 0.717) is 16.3 Å². The van der Waals surface area contributed by atoms with Gasteiger partial charge in [-0.3, -0.25) is 9.59 Å². The van der Waals surface area contributed by atoms with E-state index in [1.165, 1.54) is 10.9 Å². The number of nitrogens with zero attached hydrogens (tertiary/aromatic N) is 4. The number of carbonyl (C=O) groups is 1. The number of anilines is 1. The molecule has 1 amide bonds. The smallest absolute Gasteiger partial charge is 0.292 e. The van der Waals surface area contributed by atoms with Crippen molar-refractivity contribution in [3.05, 3.63) is 100.0 Å². The Labute approximate surface area is 203 Å². The third kappa shape index (κ3) is 5.22. The van der Waals surface area contributed by atoms with E-state index in [9.17, 15) is 14.7 Å². The highest BCUT2D eigenvalue weighted by molar-refractivity contribution is 6.05. The molecule has 0 aliphatic heterocycles. The largest absolute Gasteiger partial charge is 0.507 e. The van der Waals surface area contributed by atoms with Crippen LogP contribution in [0.3, 0.4) is 0 Å². The van der Waals surface area contributed by atoms with Gasteiger partial charge >= 0.3 is 0 Å². The first-order chi connectivity index (χ1) is 17.0. The van der Waals surface area contributed by atoms with Crippen LogP contribution >= 0.6 is 0 Å². The van der Waals surface area contributed by atoms with E-state index in [-0.39, 0.29) is 23.5 Å². The summed E-state index contributed by atoms with van der Waals surface area (Å²) in [7, 11) is 0. The molecule has 0 atom stereocenters. The summed E-state index contributed by atoms with van der Waals surface area (Å²) in [6, 6.07) is 21.6. The van der Waals surface area contributed by atoms with Crippen LogP contribution in [0.4, 0.5) is 5.69 Å². The van der Waals surface area contributed by atoms with Crippen LogP contribution in [0.25, 0.3) is 10.8 Å². The Morgan fingerprint density at radius 2 is 1.71 bits per heavy atom. The summed E-state index contributed by atoms with van der Waals surface area (Å²) in [5.74, 6) is -0.495. The highest BCUT2D eigenvalue weighted by Crippen LogP contribution is 2.23. The lowest BCUT2D eigenvalue weighted by molar-refractivity contribution is 0.0949. The third-order valence-corrected chi connectivity index (χ3v) is 5.77. The summed E-state index contributed by atoms with van der Waals surface area (Å²) in [5.41, 5.74) is 4.55. The van der Waals surface area contributed by atoms with E-state index in [1.807, 2.05) is 50.2 Å². The van der Waals surface area contributed by atoms with Gasteiger partial charge in [-0.2, -0.15) is 10.2 Å². The number of hydrazone groups is 1. The SMILES string of the molecule is CCN(CC)c1ccc(/C=N/NC(=O)c2nn(Cc3ccccc3)c(=O)c3ccccc23)c(O)c1. The van der Waals surface area contributed by atoms with Crippen LogP contribution in [0, 0.1) is 0 Å². The number of hydrogen-bond acceptors (Lipinski definition) is 6. The maximum atomic E-state index is 13.0. The molecule has 3 aromatic carbocycles. The highest BCUT2D eigenvalue weighted by atomic mass is 16.3. The fraction of sp³-hybridized carbons (Fsp3) is 0.185. The Hall–Kier alpha value is -4.46. The van der Waals surface area contributed by atoms with Crippen molar-refractivity contribution in [3.63, 3.8) is 0 Å². The lowest BCUT2D eigenvalue weighted by Crippen LogP contribution is -2.29. The summed E-state index contributed by atoms with van der Waals surface area (Å²) < 4.78 is 1.29. The molecule has 4 rings (SSSR count). The van der Waals surface area contributed by atoms with Gasteiger partial charge in [-0.15, -0.1) is 0 Å². The van der Waals surface area contributed by atoms with Crippen molar-refractivity contribution in [2.75, 3.05) is 18.0 Å². The number of amides is 1. The van der Waals surface area contributed by atoms with E-state index in [4.69, 9.17) is 0 Å². The molecule has 0 fully saturated rings. The standard InChI is InChI=1S/C27H27N5O3/c1-3-31(4-2)21-15-14-20(24(33)16-21)17-28-29-26(34)25-22-12-8-9-13-23(22)27(35)32(30-25)18-19-10-6-5-7-11-19/h5-17,33H,3-4,18H2,1-2H3,(H,29,34)/b28-17+. The minimum Gasteiger partial charge on any atom is -0.507 e. The second kappa shape index (κ2) is 10.6. The van der Waals surface area contributed by atoms with Gasteiger partial charge in [-0.05, 0) is 37.6 Å². The molecule has 0 saturated carbocycles. The topological polar surface area (TPSA) is 99.8 Å². The van der Waals surface area contributed by atoms with Crippen LogP contribution in [-0.2, 0) is 6.54 Å². The number of aromatic hydroxyl groups is 1. The van der Waals surface area contributed by atoms with Crippen molar-refractivity contribution >= 4 is 28.6 Å². The zero-order valence-electron chi connectivity index (χ0n) is 19.7. The number of hydrogen-bond donors (Lipinski definition) is 2. The second-order valence-electron chi connectivity index (χ2n) is 7.96. The average molecular weight is 470 g/mol. The highest BCUT2D eigenvalue weighted by Gasteiger charge is 2.16. The zero-order valence-corrected chi connectivity index (χ0v) is 19.7. The normalized spacial score (nSPS) is 11.1. The summed E-state index contributed by atoms with van der Waals surface area (Å²) >= 11 is 0. The molecule has 1 heterocycles. The van der Waals surface area contributed by atoms with Crippen LogP contribution < -0.4 is 15.9 Å². The van der Waals surface area contributed by atoms with Gasteiger partial charge in [0.2, 0.25) is 0 Å². The molecule has 178 valence electrons. The van der Waals surface area contributed by atoms with E-state index < -0.39 is 5.91 Å². The molecule has 0 bridgehead atoms. The molecule has 0 aliphatic rings. The van der Waals surface area contributed by atoms with Gasteiger partial charge in [0.1, 0.15) is 5.75 Å². The molecule has 1 aromatic heterocycles. The maximum Gasteiger partial charge on any atom is 0.292 e. The molecule has 0 saturated heterocycles. The Bertz CT molecular complexity index is 1430. The molecule has 35 heavy (non-hydrogen) atoms. The first kappa shape index (κ1) is 23.7. The fourth-order valence-electron chi connectivity index (χ4n) is 3.91. The van der Waals surface area contributed by atoms with Crippen LogP contribution in [0.15, 0.2) is 82.7 Å². The Kier molecular flexibility index (Phi) is 7.21. The van der Waals surface area contributed by atoms with Gasteiger partial charge in [0.05, 0.1) is 18.1 Å². The monoisotopic (exact) mass is 469 g/mol. The van der Waals surface area contributed by atoms with Gasteiger partial charge in [0.15, 0.2) is 5.69 Å². The number of fused-ring (bicyclic) bond motifs is 1. The minimum atomic E-state index is -0.557. The second-order valence-corrected chi connectivity index (χ2v) is 7.96. The van der Waals surface area contributed by atoms with Gasteiger partial charge in [-0.25, -0.2) is 10.1 Å². The molecule has 0 unspecified atom stereocenters. The summed E-state index contributed by atoms with van der Waals surface area (Å²) in [6.07, 6.45) is 1.38. The number of carbonyl (C=O) groups excluding carboxylic acids is 1. The molecule has 0 radical (unpaired) electrons. The summed E-state index contributed by atoms with van der Waals surface area (Å²) in [5, 5.41) is 19.6. The van der Waals surface area contributed by atoms with Gasteiger partial charge in [-0.1, -0.05) is 48.5 Å². The lowest BCUT2D eigenvalue weighted by Gasteiger charge is -2.21. The average Bonchev–Trinajstić information content (AvgIpc) is 2.88. The van der Waals surface area contributed by atoms with Crippen molar-refractivity contribution in [1.82, 2.24) is 15.2 Å². The van der Waals surface area contributed by atoms with Crippen molar-refractivity contribution in [2.24, 2.45) is 5.10 Å². The number of phenolic OH excluding ortho intramolecular Hbond substituents is 1. The van der Waals surface area contributed by atoms with Gasteiger partial charge < -0.3 is 10.0 Å². The van der Waals surface area contributed by atoms with E-state index in [1.54, 1.807) is 36.4 Å². The molecular weight excluding hydrogens is 442 g/mol. The van der Waals surface area contributed by atoms with Gasteiger partial charge in [0.25, 0.3) is 11.5 Å². The van der Waals surface area contributed by atoms with Crippen LogP contribution in [0.5, 0.6) is 5.75 Å². The molecule has 2 N–H and O–H groups in total. The quantitative estimate of drug-likeness (QED) is 0.302. The number of rotatable bonds is 8. The number of phenols is 1. The maximum absolute atomic E-state index is 13.0. The third-order valence-electron chi connectivity index (χ3n) is 5.77. The van der Waals surface area contributed by atoms with Crippen LogP contribution in [0.2, 0.25) is 0 Å². The molecular formula is C27H27N5O3. The Morgan fingerprint density at radius 3 is 2.40 bits per heavy atom. The van der Waals surface area contributed by atoms with Crippen LogP contribution in [0.1, 0.15) is 35.5 Å². The summed E-state index contributed by atoms with van der Waals surface area (Å²) in [6.45, 7) is 5.98. The number of aromatic nitrogens is 2. The Morgan fingerprint density at radius 1 is 1.03 bits per heavy atom. The molecule has 8 heteroatoms. The molecule has 8 nitrogen and oxygen atoms in total.